The molecule has 0 bridgehead atoms. The van der Waals surface area contributed by atoms with Crippen LogP contribution in [0.3, 0.4) is 0 Å². The summed E-state index contributed by atoms with van der Waals surface area (Å²) in [5.74, 6) is 1.00. The van der Waals surface area contributed by atoms with Crippen LogP contribution in [0.5, 0.6) is 11.5 Å². The Morgan fingerprint density at radius 2 is 1.81 bits per heavy atom. The normalized spacial score (nSPS) is 10.2. The van der Waals surface area contributed by atoms with Gasteiger partial charge in [-0.2, -0.15) is 0 Å². The lowest BCUT2D eigenvalue weighted by Crippen LogP contribution is -2.06. The molecular weight excluding hydrogens is 268 g/mol. The lowest BCUT2D eigenvalue weighted by molar-refractivity contribution is 0.103. The Morgan fingerprint density at radius 1 is 1.10 bits per heavy atom. The summed E-state index contributed by atoms with van der Waals surface area (Å²) >= 11 is 0. The number of nitrogen functional groups attached to an aromatic ring is 1. The van der Waals surface area contributed by atoms with Crippen molar-refractivity contribution < 1.29 is 14.3 Å². The van der Waals surface area contributed by atoms with Gasteiger partial charge in [0.05, 0.1) is 25.1 Å². The predicted molar refractivity (Wildman–Crippen MR) is 80.9 cm³/mol. The van der Waals surface area contributed by atoms with Gasteiger partial charge in [-0.1, -0.05) is 0 Å². The summed E-state index contributed by atoms with van der Waals surface area (Å²) in [7, 11) is 0. The molecule has 1 aromatic carbocycles. The molecule has 0 amide bonds. The Labute approximate surface area is 123 Å². The second-order valence-corrected chi connectivity index (χ2v) is 4.33. The van der Waals surface area contributed by atoms with Gasteiger partial charge in [0.25, 0.3) is 0 Å². The first-order valence-electron chi connectivity index (χ1n) is 6.81. The zero-order valence-corrected chi connectivity index (χ0v) is 12.1. The topological polar surface area (TPSA) is 74.4 Å². The van der Waals surface area contributed by atoms with Crippen LogP contribution in [0.4, 0.5) is 5.69 Å². The number of nitrogens with two attached hydrogens (primary N) is 1. The van der Waals surface area contributed by atoms with E-state index in [1.165, 1.54) is 6.20 Å². The minimum absolute atomic E-state index is 0.181. The monoisotopic (exact) mass is 286 g/mol. The Balaban J connectivity index is 2.32. The summed E-state index contributed by atoms with van der Waals surface area (Å²) in [6, 6.07) is 8.37. The van der Waals surface area contributed by atoms with Crippen LogP contribution in [0, 0.1) is 0 Å². The molecule has 2 N–H and O–H groups in total. The second-order valence-electron chi connectivity index (χ2n) is 4.33. The summed E-state index contributed by atoms with van der Waals surface area (Å²) in [5.41, 5.74) is 6.94. The number of aromatic nitrogens is 1. The van der Waals surface area contributed by atoms with Crippen LogP contribution >= 0.6 is 0 Å². The molecule has 0 aliphatic carbocycles. The van der Waals surface area contributed by atoms with Crippen molar-refractivity contribution in [1.29, 1.82) is 0 Å². The zero-order valence-electron chi connectivity index (χ0n) is 12.1. The van der Waals surface area contributed by atoms with Crippen molar-refractivity contribution in [3.63, 3.8) is 0 Å². The van der Waals surface area contributed by atoms with Crippen molar-refractivity contribution in [1.82, 2.24) is 4.98 Å². The zero-order chi connectivity index (χ0) is 15.2. The number of rotatable bonds is 6. The van der Waals surface area contributed by atoms with Crippen molar-refractivity contribution in [2.24, 2.45) is 0 Å². The van der Waals surface area contributed by atoms with E-state index in [1.54, 1.807) is 30.3 Å². The number of ether oxygens (including phenoxy) is 2. The molecule has 0 saturated carbocycles. The molecular formula is C16H18N2O3. The highest BCUT2D eigenvalue weighted by atomic mass is 16.5. The fourth-order valence-electron chi connectivity index (χ4n) is 1.88. The van der Waals surface area contributed by atoms with Crippen molar-refractivity contribution in [2.75, 3.05) is 18.9 Å². The average Bonchev–Trinajstić information content (AvgIpc) is 2.49. The van der Waals surface area contributed by atoms with Crippen molar-refractivity contribution in [2.45, 2.75) is 13.8 Å². The molecule has 1 heterocycles. The van der Waals surface area contributed by atoms with Gasteiger partial charge in [-0.25, -0.2) is 0 Å². The molecule has 5 heteroatoms. The van der Waals surface area contributed by atoms with Gasteiger partial charge in [-0.05, 0) is 44.2 Å². The highest BCUT2D eigenvalue weighted by Gasteiger charge is 2.14. The van der Waals surface area contributed by atoms with E-state index in [2.05, 4.69) is 4.98 Å². The maximum Gasteiger partial charge on any atom is 0.211 e. The number of hydrogen-bond acceptors (Lipinski definition) is 5. The highest BCUT2D eigenvalue weighted by molar-refractivity contribution is 6.08. The maximum atomic E-state index is 12.4. The predicted octanol–water partition coefficient (Wildman–Crippen LogP) is 2.69. The lowest BCUT2D eigenvalue weighted by Gasteiger charge is -2.12. The van der Waals surface area contributed by atoms with E-state index in [9.17, 15) is 4.79 Å². The molecule has 0 radical (unpaired) electrons. The molecule has 0 fully saturated rings. The quantitative estimate of drug-likeness (QED) is 0.826. The summed E-state index contributed by atoms with van der Waals surface area (Å²) in [6.45, 7) is 4.81. The van der Waals surface area contributed by atoms with Gasteiger partial charge in [0.2, 0.25) is 5.78 Å². The molecule has 0 saturated heterocycles. The molecule has 2 aromatic rings. The molecule has 110 valence electrons. The number of nitrogens with zero attached hydrogens (tertiary/aromatic N) is 1. The third-order valence-corrected chi connectivity index (χ3v) is 2.82. The third-order valence-electron chi connectivity index (χ3n) is 2.82. The average molecular weight is 286 g/mol. The molecule has 0 spiro atoms. The summed E-state index contributed by atoms with van der Waals surface area (Å²) < 4.78 is 11.0. The Hall–Kier alpha value is -2.56. The van der Waals surface area contributed by atoms with Crippen molar-refractivity contribution >= 4 is 11.5 Å². The van der Waals surface area contributed by atoms with E-state index in [4.69, 9.17) is 15.2 Å². The molecule has 2 rings (SSSR count). The Morgan fingerprint density at radius 3 is 2.43 bits per heavy atom. The summed E-state index contributed by atoms with van der Waals surface area (Å²) in [5, 5.41) is 0. The Bertz CT molecular complexity index is 624. The van der Waals surface area contributed by atoms with E-state index in [-0.39, 0.29) is 5.78 Å². The Kier molecular flexibility index (Phi) is 4.77. The molecule has 21 heavy (non-hydrogen) atoms. The lowest BCUT2D eigenvalue weighted by atomic mass is 10.1. The minimum Gasteiger partial charge on any atom is -0.490 e. The van der Waals surface area contributed by atoms with E-state index in [0.29, 0.717) is 41.7 Å². The van der Waals surface area contributed by atoms with Crippen LogP contribution < -0.4 is 15.2 Å². The van der Waals surface area contributed by atoms with Crippen LogP contribution in [0.25, 0.3) is 0 Å². The molecule has 0 atom stereocenters. The first-order valence-corrected chi connectivity index (χ1v) is 6.81. The fourth-order valence-corrected chi connectivity index (χ4v) is 1.88. The number of ketones is 1. The number of pyridine rings is 1. The van der Waals surface area contributed by atoms with Crippen molar-refractivity contribution in [3.05, 3.63) is 47.8 Å². The van der Waals surface area contributed by atoms with Crippen LogP contribution in [0.2, 0.25) is 0 Å². The van der Waals surface area contributed by atoms with Crippen molar-refractivity contribution in [3.8, 4) is 11.5 Å². The molecule has 5 nitrogen and oxygen atoms in total. The van der Waals surface area contributed by atoms with E-state index < -0.39 is 0 Å². The molecule has 0 unspecified atom stereocenters. The van der Waals surface area contributed by atoms with Gasteiger partial charge < -0.3 is 15.2 Å². The molecule has 1 aromatic heterocycles. The number of benzene rings is 1. The maximum absolute atomic E-state index is 12.4. The standard InChI is InChI=1S/C16H18N2O3/c1-3-20-14-8-5-11(9-15(14)21-4-2)16(19)13-7-6-12(17)10-18-13/h5-10H,3-4,17H2,1-2H3. The first kappa shape index (κ1) is 14.8. The van der Waals surface area contributed by atoms with Gasteiger partial charge in [-0.3, -0.25) is 9.78 Å². The van der Waals surface area contributed by atoms with Gasteiger partial charge in [0.15, 0.2) is 11.5 Å². The highest BCUT2D eigenvalue weighted by Crippen LogP contribution is 2.29. The number of carbonyl (C=O) groups excluding carboxylic acids is 1. The van der Waals surface area contributed by atoms with Crippen LogP contribution in [-0.4, -0.2) is 24.0 Å². The third kappa shape index (κ3) is 3.51. The number of hydrogen-bond donors (Lipinski definition) is 1. The number of carbonyl (C=O) groups is 1. The second kappa shape index (κ2) is 6.74. The van der Waals surface area contributed by atoms with Crippen LogP contribution in [-0.2, 0) is 0 Å². The first-order chi connectivity index (χ1) is 10.2. The minimum atomic E-state index is -0.181. The van der Waals surface area contributed by atoms with Gasteiger partial charge >= 0.3 is 0 Å². The van der Waals surface area contributed by atoms with E-state index in [1.807, 2.05) is 13.8 Å². The molecule has 0 aliphatic rings. The van der Waals surface area contributed by atoms with Crippen LogP contribution in [0.1, 0.15) is 29.9 Å². The summed E-state index contributed by atoms with van der Waals surface area (Å²) in [4.78, 5) is 16.4. The fraction of sp³-hybridized carbons (Fsp3) is 0.250. The van der Waals surface area contributed by atoms with Gasteiger partial charge in [0.1, 0.15) is 5.69 Å². The smallest absolute Gasteiger partial charge is 0.211 e. The van der Waals surface area contributed by atoms with E-state index >= 15 is 0 Å². The molecule has 0 aliphatic heterocycles. The SMILES string of the molecule is CCOc1ccc(C(=O)c2ccc(N)cn2)cc1OCC. The summed E-state index contributed by atoms with van der Waals surface area (Å²) in [6.07, 6.45) is 1.46. The number of anilines is 1. The largest absolute Gasteiger partial charge is 0.490 e. The van der Waals surface area contributed by atoms with E-state index in [0.717, 1.165) is 0 Å². The van der Waals surface area contributed by atoms with Crippen LogP contribution in [0.15, 0.2) is 36.5 Å². The van der Waals surface area contributed by atoms with Gasteiger partial charge in [0, 0.05) is 5.56 Å². The van der Waals surface area contributed by atoms with Gasteiger partial charge in [-0.15, -0.1) is 0 Å².